The lowest BCUT2D eigenvalue weighted by molar-refractivity contribution is -0.114. The van der Waals surface area contributed by atoms with E-state index in [0.717, 1.165) is 3.57 Å². The molecule has 0 aliphatic heterocycles. The van der Waals surface area contributed by atoms with Gasteiger partial charge in [0.15, 0.2) is 0 Å². The first-order valence-electron chi connectivity index (χ1n) is 6.62. The Balaban J connectivity index is 2.28. The number of anilines is 2. The van der Waals surface area contributed by atoms with E-state index in [1.807, 2.05) is 0 Å². The van der Waals surface area contributed by atoms with E-state index in [1.54, 1.807) is 36.4 Å². The van der Waals surface area contributed by atoms with Gasteiger partial charge in [-0.25, -0.2) is 0 Å². The van der Waals surface area contributed by atoms with Crippen LogP contribution in [0.4, 0.5) is 11.4 Å². The van der Waals surface area contributed by atoms with Gasteiger partial charge in [-0.15, -0.1) is 0 Å². The Morgan fingerprint density at radius 1 is 1.13 bits per heavy atom. The molecule has 2 N–H and O–H groups in total. The summed E-state index contributed by atoms with van der Waals surface area (Å²) in [5.74, 6) is 0.00803. The second-order valence-electron chi connectivity index (χ2n) is 4.68. The lowest BCUT2D eigenvalue weighted by atomic mass is 10.2. The van der Waals surface area contributed by atoms with Crippen molar-refractivity contribution in [2.45, 2.75) is 6.92 Å². The summed E-state index contributed by atoms with van der Waals surface area (Å²) >= 11 is 8.03. The highest BCUT2D eigenvalue weighted by molar-refractivity contribution is 14.1. The van der Waals surface area contributed by atoms with Crippen LogP contribution in [0.1, 0.15) is 17.3 Å². The topological polar surface area (TPSA) is 67.4 Å². The van der Waals surface area contributed by atoms with Crippen LogP contribution in [0.3, 0.4) is 0 Å². The number of carbonyl (C=O) groups is 2. The smallest absolute Gasteiger partial charge is 0.255 e. The fraction of sp³-hybridized carbons (Fsp3) is 0.125. The van der Waals surface area contributed by atoms with E-state index < -0.39 is 0 Å². The first-order valence-corrected chi connectivity index (χ1v) is 8.08. The van der Waals surface area contributed by atoms with Gasteiger partial charge in [0.05, 0.1) is 17.8 Å². The molecule has 2 aromatic rings. The monoisotopic (exact) mass is 444 g/mol. The van der Waals surface area contributed by atoms with Gasteiger partial charge >= 0.3 is 0 Å². The molecule has 0 unspecified atom stereocenters. The van der Waals surface area contributed by atoms with Crippen LogP contribution in [0.25, 0.3) is 0 Å². The fourth-order valence-corrected chi connectivity index (χ4v) is 2.55. The Labute approximate surface area is 152 Å². The maximum Gasteiger partial charge on any atom is 0.255 e. The molecule has 0 fully saturated rings. The zero-order chi connectivity index (χ0) is 17.0. The van der Waals surface area contributed by atoms with Crippen molar-refractivity contribution in [1.82, 2.24) is 0 Å². The van der Waals surface area contributed by atoms with Crippen LogP contribution >= 0.6 is 34.2 Å². The van der Waals surface area contributed by atoms with E-state index in [-0.39, 0.29) is 11.8 Å². The standard InChI is InChI=1S/C16H14ClIN2O3/c1-9(21)19-11-4-6-15(23-2)14(8-11)20-16(22)10-3-5-12(17)13(18)7-10/h3-8H,1-2H3,(H,19,21)(H,20,22). The summed E-state index contributed by atoms with van der Waals surface area (Å²) in [5, 5.41) is 6.03. The molecule has 0 aliphatic rings. The van der Waals surface area contributed by atoms with Crippen LogP contribution < -0.4 is 15.4 Å². The second-order valence-corrected chi connectivity index (χ2v) is 6.25. The molecule has 0 radical (unpaired) electrons. The number of nitrogens with one attached hydrogen (secondary N) is 2. The van der Waals surface area contributed by atoms with E-state index >= 15 is 0 Å². The summed E-state index contributed by atoms with van der Waals surface area (Å²) < 4.78 is 6.02. The van der Waals surface area contributed by atoms with Crippen molar-refractivity contribution in [2.24, 2.45) is 0 Å². The number of amides is 2. The van der Waals surface area contributed by atoms with Crippen molar-refractivity contribution in [3.05, 3.63) is 50.6 Å². The third-order valence-corrected chi connectivity index (χ3v) is 4.49. The molecule has 0 aliphatic carbocycles. The fourth-order valence-electron chi connectivity index (χ4n) is 1.92. The van der Waals surface area contributed by atoms with Gasteiger partial charge in [-0.2, -0.15) is 0 Å². The molecule has 2 rings (SSSR count). The maximum atomic E-state index is 12.4. The number of rotatable bonds is 4. The molecule has 0 aromatic heterocycles. The molecule has 7 heteroatoms. The number of hydrogen-bond acceptors (Lipinski definition) is 3. The first-order chi connectivity index (χ1) is 10.9. The summed E-state index contributed by atoms with van der Waals surface area (Å²) in [7, 11) is 1.51. The third kappa shape index (κ3) is 4.59. The number of hydrogen-bond donors (Lipinski definition) is 2. The van der Waals surface area contributed by atoms with E-state index in [4.69, 9.17) is 16.3 Å². The molecule has 0 atom stereocenters. The number of carbonyl (C=O) groups excluding carboxylic acids is 2. The lowest BCUT2D eigenvalue weighted by Gasteiger charge is -2.12. The Hall–Kier alpha value is -1.80. The molecule has 120 valence electrons. The van der Waals surface area contributed by atoms with Crippen molar-refractivity contribution in [2.75, 3.05) is 17.7 Å². The summed E-state index contributed by atoms with van der Waals surface area (Å²) in [4.78, 5) is 23.5. The average Bonchev–Trinajstić information content (AvgIpc) is 2.49. The Kier molecular flexibility index (Phi) is 5.84. The summed E-state index contributed by atoms with van der Waals surface area (Å²) in [6, 6.07) is 10.0. The van der Waals surface area contributed by atoms with Gasteiger partial charge in [0, 0.05) is 21.7 Å². The minimum Gasteiger partial charge on any atom is -0.495 e. The van der Waals surface area contributed by atoms with E-state index in [9.17, 15) is 9.59 Å². The van der Waals surface area contributed by atoms with Gasteiger partial charge in [-0.1, -0.05) is 11.6 Å². The normalized spacial score (nSPS) is 10.1. The quantitative estimate of drug-likeness (QED) is 0.696. The van der Waals surface area contributed by atoms with Crippen LogP contribution in [0, 0.1) is 3.57 Å². The van der Waals surface area contributed by atoms with Crippen LogP contribution in [0.2, 0.25) is 5.02 Å². The minimum absolute atomic E-state index is 0.195. The molecule has 0 bridgehead atoms. The van der Waals surface area contributed by atoms with Crippen LogP contribution in [0.5, 0.6) is 5.75 Å². The molecular formula is C16H14ClIN2O3. The maximum absolute atomic E-state index is 12.4. The molecule has 0 saturated carbocycles. The lowest BCUT2D eigenvalue weighted by Crippen LogP contribution is -2.13. The van der Waals surface area contributed by atoms with E-state index in [0.29, 0.717) is 27.7 Å². The van der Waals surface area contributed by atoms with Crippen molar-refractivity contribution in [1.29, 1.82) is 0 Å². The van der Waals surface area contributed by atoms with Gasteiger partial charge in [0.25, 0.3) is 5.91 Å². The predicted molar refractivity (Wildman–Crippen MR) is 99.4 cm³/mol. The molecule has 5 nitrogen and oxygen atoms in total. The van der Waals surface area contributed by atoms with Crippen molar-refractivity contribution in [3.63, 3.8) is 0 Å². The highest BCUT2D eigenvalue weighted by Crippen LogP contribution is 2.29. The number of ether oxygens (including phenoxy) is 1. The summed E-state index contributed by atoms with van der Waals surface area (Å²) in [6.07, 6.45) is 0. The Morgan fingerprint density at radius 3 is 2.48 bits per heavy atom. The summed E-state index contributed by atoms with van der Waals surface area (Å²) in [6.45, 7) is 1.41. The zero-order valence-electron chi connectivity index (χ0n) is 12.4. The van der Waals surface area contributed by atoms with Gasteiger partial charge in [-0.05, 0) is 59.0 Å². The summed E-state index contributed by atoms with van der Waals surface area (Å²) in [5.41, 5.74) is 1.51. The van der Waals surface area contributed by atoms with Crippen LogP contribution in [0.15, 0.2) is 36.4 Å². The molecule has 2 amide bonds. The van der Waals surface area contributed by atoms with Gasteiger partial charge in [0.2, 0.25) is 5.91 Å². The number of benzene rings is 2. The Bertz CT molecular complexity index is 765. The molecule has 0 saturated heterocycles. The molecule has 0 heterocycles. The SMILES string of the molecule is COc1ccc(NC(C)=O)cc1NC(=O)c1ccc(Cl)c(I)c1. The van der Waals surface area contributed by atoms with E-state index in [1.165, 1.54) is 14.0 Å². The highest BCUT2D eigenvalue weighted by atomic mass is 127. The average molecular weight is 445 g/mol. The van der Waals surface area contributed by atoms with Crippen LogP contribution in [-0.2, 0) is 4.79 Å². The van der Waals surface area contributed by atoms with Crippen molar-refractivity contribution in [3.8, 4) is 5.75 Å². The predicted octanol–water partition coefficient (Wildman–Crippen LogP) is 4.16. The molecular weight excluding hydrogens is 431 g/mol. The zero-order valence-corrected chi connectivity index (χ0v) is 15.4. The highest BCUT2D eigenvalue weighted by Gasteiger charge is 2.12. The molecule has 2 aromatic carbocycles. The van der Waals surface area contributed by atoms with Gasteiger partial charge in [-0.3, -0.25) is 9.59 Å². The molecule has 0 spiro atoms. The van der Waals surface area contributed by atoms with Gasteiger partial charge in [0.1, 0.15) is 5.75 Å². The van der Waals surface area contributed by atoms with Crippen molar-refractivity contribution < 1.29 is 14.3 Å². The molecule has 23 heavy (non-hydrogen) atoms. The second kappa shape index (κ2) is 7.65. The first kappa shape index (κ1) is 17.6. The number of halogens is 2. The number of methoxy groups -OCH3 is 1. The third-order valence-electron chi connectivity index (χ3n) is 2.95. The Morgan fingerprint density at radius 2 is 1.87 bits per heavy atom. The minimum atomic E-state index is -0.294. The van der Waals surface area contributed by atoms with Gasteiger partial charge < -0.3 is 15.4 Å². The van der Waals surface area contributed by atoms with E-state index in [2.05, 4.69) is 33.2 Å². The largest absolute Gasteiger partial charge is 0.495 e. The van der Waals surface area contributed by atoms with Crippen molar-refractivity contribution >= 4 is 57.4 Å². The van der Waals surface area contributed by atoms with Crippen LogP contribution in [-0.4, -0.2) is 18.9 Å².